The molecule has 1 aliphatic carbocycles. The molecular formula is C8H12. The summed E-state index contributed by atoms with van der Waals surface area (Å²) < 4.78 is 0. The SMILES string of the molecule is CC1=CCC=C(C)C1. The summed E-state index contributed by atoms with van der Waals surface area (Å²) in [5, 5.41) is 0. The Bertz CT molecular complexity index is 122. The van der Waals surface area contributed by atoms with Gasteiger partial charge in [0, 0.05) is 0 Å². The summed E-state index contributed by atoms with van der Waals surface area (Å²) >= 11 is 0. The summed E-state index contributed by atoms with van der Waals surface area (Å²) in [5.74, 6) is 0. The molecule has 0 heterocycles. The minimum Gasteiger partial charge on any atom is -0.0815 e. The molecule has 0 aromatic carbocycles. The van der Waals surface area contributed by atoms with Gasteiger partial charge in [0.2, 0.25) is 0 Å². The number of rotatable bonds is 0. The Balaban J connectivity index is 2.57. The lowest BCUT2D eigenvalue weighted by atomic mass is 10.0. The van der Waals surface area contributed by atoms with Gasteiger partial charge in [-0.2, -0.15) is 0 Å². The van der Waals surface area contributed by atoms with E-state index >= 15 is 0 Å². The summed E-state index contributed by atoms with van der Waals surface area (Å²) in [6.45, 7) is 4.38. The highest BCUT2D eigenvalue weighted by atomic mass is 14.0. The van der Waals surface area contributed by atoms with Crippen molar-refractivity contribution in [3.05, 3.63) is 23.3 Å². The van der Waals surface area contributed by atoms with Gasteiger partial charge in [-0.15, -0.1) is 0 Å². The van der Waals surface area contributed by atoms with Crippen LogP contribution in [0.4, 0.5) is 0 Å². The minimum atomic E-state index is 1.15. The number of hydrogen-bond acceptors (Lipinski definition) is 0. The van der Waals surface area contributed by atoms with Crippen molar-refractivity contribution < 1.29 is 0 Å². The molecule has 8 heavy (non-hydrogen) atoms. The lowest BCUT2D eigenvalue weighted by molar-refractivity contribution is 1.03. The molecule has 0 radical (unpaired) electrons. The second-order valence-electron chi connectivity index (χ2n) is 2.51. The van der Waals surface area contributed by atoms with Crippen LogP contribution in [0.2, 0.25) is 0 Å². The van der Waals surface area contributed by atoms with E-state index in [9.17, 15) is 0 Å². The molecule has 0 aromatic heterocycles. The maximum Gasteiger partial charge on any atom is -0.0114 e. The molecule has 0 spiro atoms. The van der Waals surface area contributed by atoms with Crippen molar-refractivity contribution in [3.8, 4) is 0 Å². The molecule has 0 bridgehead atoms. The summed E-state index contributed by atoms with van der Waals surface area (Å²) in [6.07, 6.45) is 6.91. The smallest absolute Gasteiger partial charge is 0.0114 e. The van der Waals surface area contributed by atoms with E-state index in [1.807, 2.05) is 0 Å². The van der Waals surface area contributed by atoms with Crippen LogP contribution in [0.3, 0.4) is 0 Å². The fourth-order valence-electron chi connectivity index (χ4n) is 1.05. The van der Waals surface area contributed by atoms with Gasteiger partial charge in [0.15, 0.2) is 0 Å². The van der Waals surface area contributed by atoms with Gasteiger partial charge in [-0.05, 0) is 26.7 Å². The van der Waals surface area contributed by atoms with Crippen LogP contribution in [0.1, 0.15) is 26.7 Å². The Morgan fingerprint density at radius 3 is 1.88 bits per heavy atom. The van der Waals surface area contributed by atoms with Crippen molar-refractivity contribution in [2.24, 2.45) is 0 Å². The van der Waals surface area contributed by atoms with E-state index in [2.05, 4.69) is 26.0 Å². The normalized spacial score (nSPS) is 19.8. The number of hydrogen-bond donors (Lipinski definition) is 0. The zero-order valence-corrected chi connectivity index (χ0v) is 5.57. The van der Waals surface area contributed by atoms with E-state index in [-0.39, 0.29) is 0 Å². The molecule has 1 aliphatic rings. The highest BCUT2D eigenvalue weighted by Gasteiger charge is 1.95. The summed E-state index contributed by atoms with van der Waals surface area (Å²) in [6, 6.07) is 0. The first-order valence-electron chi connectivity index (χ1n) is 3.10. The molecule has 0 unspecified atom stereocenters. The van der Waals surface area contributed by atoms with Gasteiger partial charge >= 0.3 is 0 Å². The molecule has 0 amide bonds. The fourth-order valence-corrected chi connectivity index (χ4v) is 1.05. The zero-order chi connectivity index (χ0) is 5.98. The minimum absolute atomic E-state index is 1.15. The van der Waals surface area contributed by atoms with Gasteiger partial charge in [0.05, 0.1) is 0 Å². The van der Waals surface area contributed by atoms with Crippen LogP contribution in [0.15, 0.2) is 23.3 Å². The molecule has 0 nitrogen and oxygen atoms in total. The van der Waals surface area contributed by atoms with E-state index in [0.717, 1.165) is 6.42 Å². The fraction of sp³-hybridized carbons (Fsp3) is 0.500. The van der Waals surface area contributed by atoms with Crippen LogP contribution in [0.5, 0.6) is 0 Å². The van der Waals surface area contributed by atoms with Crippen molar-refractivity contribution in [3.63, 3.8) is 0 Å². The molecule has 0 saturated heterocycles. The van der Waals surface area contributed by atoms with Crippen LogP contribution < -0.4 is 0 Å². The third-order valence-electron chi connectivity index (χ3n) is 1.49. The highest BCUT2D eigenvalue weighted by molar-refractivity contribution is 5.18. The Morgan fingerprint density at radius 1 is 1.12 bits per heavy atom. The van der Waals surface area contributed by atoms with E-state index in [1.54, 1.807) is 0 Å². The van der Waals surface area contributed by atoms with Gasteiger partial charge in [-0.1, -0.05) is 23.3 Å². The second kappa shape index (κ2) is 2.17. The maximum atomic E-state index is 2.28. The van der Waals surface area contributed by atoms with Gasteiger partial charge in [-0.25, -0.2) is 0 Å². The highest BCUT2D eigenvalue weighted by Crippen LogP contribution is 2.16. The van der Waals surface area contributed by atoms with Crippen molar-refractivity contribution >= 4 is 0 Å². The van der Waals surface area contributed by atoms with E-state index < -0.39 is 0 Å². The van der Waals surface area contributed by atoms with Gasteiger partial charge in [0.25, 0.3) is 0 Å². The Labute approximate surface area is 50.9 Å². The topological polar surface area (TPSA) is 0 Å². The lowest BCUT2D eigenvalue weighted by Gasteiger charge is -2.05. The zero-order valence-electron chi connectivity index (χ0n) is 5.57. The van der Waals surface area contributed by atoms with Crippen molar-refractivity contribution in [2.45, 2.75) is 26.7 Å². The quantitative estimate of drug-likeness (QED) is 0.418. The molecule has 0 atom stereocenters. The third-order valence-corrected chi connectivity index (χ3v) is 1.49. The molecule has 0 aliphatic heterocycles. The molecule has 0 fully saturated rings. The molecule has 1 rings (SSSR count). The van der Waals surface area contributed by atoms with Crippen molar-refractivity contribution in [2.75, 3.05) is 0 Å². The van der Waals surface area contributed by atoms with E-state index in [0.29, 0.717) is 0 Å². The average Bonchev–Trinajstić information content (AvgIpc) is 1.64. The first-order valence-corrected chi connectivity index (χ1v) is 3.10. The third kappa shape index (κ3) is 1.22. The Morgan fingerprint density at radius 2 is 1.62 bits per heavy atom. The summed E-state index contributed by atoms with van der Waals surface area (Å²) in [7, 11) is 0. The Kier molecular flexibility index (Phi) is 1.52. The van der Waals surface area contributed by atoms with E-state index in [4.69, 9.17) is 0 Å². The summed E-state index contributed by atoms with van der Waals surface area (Å²) in [4.78, 5) is 0. The molecule has 44 valence electrons. The van der Waals surface area contributed by atoms with Crippen LogP contribution in [-0.2, 0) is 0 Å². The van der Waals surface area contributed by atoms with Crippen LogP contribution in [-0.4, -0.2) is 0 Å². The first-order chi connectivity index (χ1) is 3.79. The predicted molar refractivity (Wildman–Crippen MR) is 36.7 cm³/mol. The van der Waals surface area contributed by atoms with Gasteiger partial charge in [0.1, 0.15) is 0 Å². The predicted octanol–water partition coefficient (Wildman–Crippen LogP) is 2.67. The monoisotopic (exact) mass is 108 g/mol. The first kappa shape index (κ1) is 5.61. The number of allylic oxidation sites excluding steroid dienone is 4. The standard InChI is InChI=1S/C8H12/c1-7-4-3-5-8(2)6-7/h4-5H,3,6H2,1-2H3. The second-order valence-corrected chi connectivity index (χ2v) is 2.51. The van der Waals surface area contributed by atoms with Crippen molar-refractivity contribution in [1.82, 2.24) is 0 Å². The molecule has 0 N–H and O–H groups in total. The van der Waals surface area contributed by atoms with Gasteiger partial charge in [-0.3, -0.25) is 0 Å². The van der Waals surface area contributed by atoms with E-state index in [1.165, 1.54) is 17.6 Å². The average molecular weight is 108 g/mol. The molecule has 0 saturated carbocycles. The van der Waals surface area contributed by atoms with Crippen LogP contribution in [0.25, 0.3) is 0 Å². The van der Waals surface area contributed by atoms with Crippen LogP contribution in [0, 0.1) is 0 Å². The van der Waals surface area contributed by atoms with Crippen molar-refractivity contribution in [1.29, 1.82) is 0 Å². The largest absolute Gasteiger partial charge is 0.0815 e. The maximum absolute atomic E-state index is 2.28. The molecule has 0 aromatic rings. The molecular weight excluding hydrogens is 96.1 g/mol. The van der Waals surface area contributed by atoms with Crippen LogP contribution >= 0.6 is 0 Å². The lowest BCUT2D eigenvalue weighted by Crippen LogP contribution is -1.85. The Hall–Kier alpha value is -0.520. The molecule has 0 heteroatoms. The van der Waals surface area contributed by atoms with Gasteiger partial charge < -0.3 is 0 Å². The summed E-state index contributed by atoms with van der Waals surface area (Å²) in [5.41, 5.74) is 3.04.